The van der Waals surface area contributed by atoms with Crippen LogP contribution in [0.5, 0.6) is 5.75 Å². The number of nitrogens with one attached hydrogen (secondary N) is 1. The predicted molar refractivity (Wildman–Crippen MR) is 57.3 cm³/mol. The zero-order chi connectivity index (χ0) is 10.1. The van der Waals surface area contributed by atoms with E-state index in [1.165, 1.54) is 11.3 Å². The first-order valence-electron chi connectivity index (χ1n) is 3.76. The number of rotatable bonds is 1. The van der Waals surface area contributed by atoms with Crippen LogP contribution in [0, 0.1) is 0 Å². The molecular formula is C7H5BrClNO3S. The molecule has 2 heterocycles. The lowest BCUT2D eigenvalue weighted by molar-refractivity contribution is 0.0757. The van der Waals surface area contributed by atoms with E-state index < -0.39 is 5.97 Å². The highest BCUT2D eigenvalue weighted by Gasteiger charge is 2.26. The minimum absolute atomic E-state index is 0.418. The van der Waals surface area contributed by atoms with Gasteiger partial charge in [0.05, 0.1) is 0 Å². The molecule has 0 spiro atoms. The molecule has 1 aliphatic heterocycles. The molecule has 7 heteroatoms. The molecule has 76 valence electrons. The Morgan fingerprint density at radius 2 is 2.50 bits per heavy atom. The van der Waals surface area contributed by atoms with Crippen molar-refractivity contribution < 1.29 is 13.8 Å². The number of hydrogen-bond donors (Lipinski definition) is 1. The topological polar surface area (TPSA) is 47.6 Å². The highest BCUT2D eigenvalue weighted by molar-refractivity contribution is 9.11. The minimum Gasteiger partial charge on any atom is -0.487 e. The highest BCUT2D eigenvalue weighted by Crippen LogP contribution is 2.45. The summed E-state index contributed by atoms with van der Waals surface area (Å²) in [7, 11) is 0. The summed E-state index contributed by atoms with van der Waals surface area (Å²) in [5.41, 5.74) is 0.652. The van der Waals surface area contributed by atoms with Crippen LogP contribution >= 0.6 is 39.1 Å². The third-order valence-electron chi connectivity index (χ3n) is 1.73. The van der Waals surface area contributed by atoms with Gasteiger partial charge in [-0.25, -0.2) is 4.79 Å². The van der Waals surface area contributed by atoms with Gasteiger partial charge in [-0.2, -0.15) is 0 Å². The van der Waals surface area contributed by atoms with Gasteiger partial charge in [0.15, 0.2) is 5.75 Å². The summed E-state index contributed by atoms with van der Waals surface area (Å²) >= 11 is 9.55. The number of carbonyl (C=O) groups is 1. The highest BCUT2D eigenvalue weighted by atomic mass is 79.9. The first kappa shape index (κ1) is 10.1. The van der Waals surface area contributed by atoms with Crippen LogP contribution in [0.1, 0.15) is 9.67 Å². The average Bonchev–Trinajstić information content (AvgIpc) is 2.56. The molecule has 0 radical (unpaired) electrons. The molecular weight excluding hydrogens is 294 g/mol. The van der Waals surface area contributed by atoms with Crippen LogP contribution in [0.2, 0.25) is 0 Å². The fourth-order valence-electron chi connectivity index (χ4n) is 1.19. The van der Waals surface area contributed by atoms with E-state index in [2.05, 4.69) is 25.5 Å². The van der Waals surface area contributed by atoms with Gasteiger partial charge in [0.25, 0.3) is 0 Å². The molecule has 0 atom stereocenters. The van der Waals surface area contributed by atoms with Gasteiger partial charge in [0.1, 0.15) is 32.8 Å². The molecule has 0 bridgehead atoms. The van der Waals surface area contributed by atoms with Gasteiger partial charge < -0.3 is 14.3 Å². The Bertz CT molecular complexity index is 381. The monoisotopic (exact) mass is 297 g/mol. The van der Waals surface area contributed by atoms with E-state index in [0.29, 0.717) is 29.5 Å². The molecule has 0 saturated carbocycles. The number of anilines is 1. The molecule has 0 amide bonds. The van der Waals surface area contributed by atoms with Gasteiger partial charge in [0.2, 0.25) is 0 Å². The fourth-order valence-corrected chi connectivity index (χ4v) is 2.93. The van der Waals surface area contributed by atoms with Gasteiger partial charge in [-0.3, -0.25) is 0 Å². The van der Waals surface area contributed by atoms with Crippen molar-refractivity contribution in [2.24, 2.45) is 0 Å². The smallest absolute Gasteiger partial charge is 0.368 e. The largest absolute Gasteiger partial charge is 0.487 e. The second-order valence-electron chi connectivity index (χ2n) is 2.55. The Hall–Kier alpha value is -0.460. The maximum absolute atomic E-state index is 11.2. The maximum Gasteiger partial charge on any atom is 0.368 e. The number of ether oxygens (including phenoxy) is 1. The summed E-state index contributed by atoms with van der Waals surface area (Å²) in [6.07, 6.45) is 0. The van der Waals surface area contributed by atoms with Crippen LogP contribution in [0.4, 0.5) is 5.69 Å². The van der Waals surface area contributed by atoms with E-state index >= 15 is 0 Å². The standard InChI is InChI=1S/C7H5BrClNO3S/c8-6-4-3(10-1-2-12-4)5(14-6)7(11)13-9/h10H,1-2H2. The van der Waals surface area contributed by atoms with E-state index in [0.717, 1.165) is 3.79 Å². The Balaban J connectivity index is 2.46. The van der Waals surface area contributed by atoms with Crippen molar-refractivity contribution in [2.45, 2.75) is 0 Å². The molecule has 0 aliphatic carbocycles. The zero-order valence-corrected chi connectivity index (χ0v) is 9.96. The van der Waals surface area contributed by atoms with Crippen molar-refractivity contribution in [1.82, 2.24) is 0 Å². The van der Waals surface area contributed by atoms with Gasteiger partial charge in [-0.05, 0) is 15.9 Å². The second-order valence-corrected chi connectivity index (χ2v) is 5.04. The molecule has 2 rings (SSSR count). The molecule has 0 fully saturated rings. The number of hydrogen-bond acceptors (Lipinski definition) is 5. The van der Waals surface area contributed by atoms with Gasteiger partial charge in [-0.15, -0.1) is 11.3 Å². The van der Waals surface area contributed by atoms with Crippen molar-refractivity contribution in [3.05, 3.63) is 8.66 Å². The molecule has 1 aromatic rings. The van der Waals surface area contributed by atoms with Crippen molar-refractivity contribution in [1.29, 1.82) is 0 Å². The van der Waals surface area contributed by atoms with Crippen LogP contribution in [0.15, 0.2) is 3.79 Å². The first-order chi connectivity index (χ1) is 6.74. The molecule has 4 nitrogen and oxygen atoms in total. The number of carbonyl (C=O) groups excluding carboxylic acids is 1. The predicted octanol–water partition coefficient (Wildman–Crippen LogP) is 2.63. The summed E-state index contributed by atoms with van der Waals surface area (Å²) in [6, 6.07) is 0. The molecule has 0 unspecified atom stereocenters. The van der Waals surface area contributed by atoms with E-state index in [1.54, 1.807) is 0 Å². The third-order valence-corrected chi connectivity index (χ3v) is 3.66. The molecule has 0 aromatic carbocycles. The lowest BCUT2D eigenvalue weighted by Gasteiger charge is -2.16. The summed E-state index contributed by atoms with van der Waals surface area (Å²) in [4.78, 5) is 11.7. The third kappa shape index (κ3) is 1.57. The number of thiophene rings is 1. The zero-order valence-electron chi connectivity index (χ0n) is 6.80. The van der Waals surface area contributed by atoms with Crippen LogP contribution < -0.4 is 10.1 Å². The minimum atomic E-state index is -0.573. The molecule has 1 aromatic heterocycles. The van der Waals surface area contributed by atoms with Crippen molar-refractivity contribution in [3.63, 3.8) is 0 Å². The van der Waals surface area contributed by atoms with Crippen LogP contribution in [0.3, 0.4) is 0 Å². The maximum atomic E-state index is 11.2. The fraction of sp³-hybridized carbons (Fsp3) is 0.286. The number of halogens is 2. The summed E-state index contributed by atoms with van der Waals surface area (Å²) in [5, 5.41) is 3.06. The van der Waals surface area contributed by atoms with Gasteiger partial charge >= 0.3 is 5.97 Å². The van der Waals surface area contributed by atoms with Crippen LogP contribution in [-0.2, 0) is 4.29 Å². The quantitative estimate of drug-likeness (QED) is 0.866. The molecule has 1 N–H and O–H groups in total. The van der Waals surface area contributed by atoms with Crippen LogP contribution in [-0.4, -0.2) is 19.1 Å². The normalized spacial score (nSPS) is 13.9. The molecule has 1 aliphatic rings. The Morgan fingerprint density at radius 3 is 3.21 bits per heavy atom. The van der Waals surface area contributed by atoms with E-state index in [9.17, 15) is 4.79 Å². The van der Waals surface area contributed by atoms with Gasteiger partial charge in [-0.1, -0.05) is 0 Å². The summed E-state index contributed by atoms with van der Waals surface area (Å²) < 4.78 is 10.3. The van der Waals surface area contributed by atoms with E-state index in [-0.39, 0.29) is 0 Å². The van der Waals surface area contributed by atoms with Gasteiger partial charge in [0, 0.05) is 6.54 Å². The SMILES string of the molecule is O=C(OCl)c1sc(Br)c2c1NCCO2. The Morgan fingerprint density at radius 1 is 1.71 bits per heavy atom. The average molecular weight is 299 g/mol. The van der Waals surface area contributed by atoms with Crippen molar-refractivity contribution in [3.8, 4) is 5.75 Å². The lowest BCUT2D eigenvalue weighted by Crippen LogP contribution is -2.18. The van der Waals surface area contributed by atoms with Crippen LogP contribution in [0.25, 0.3) is 0 Å². The summed E-state index contributed by atoms with van der Waals surface area (Å²) in [6.45, 7) is 1.25. The van der Waals surface area contributed by atoms with E-state index in [1.807, 2.05) is 0 Å². The lowest BCUT2D eigenvalue weighted by atomic mass is 10.3. The van der Waals surface area contributed by atoms with Crippen molar-refractivity contribution >= 4 is 50.8 Å². The second kappa shape index (κ2) is 3.96. The van der Waals surface area contributed by atoms with E-state index in [4.69, 9.17) is 16.6 Å². The van der Waals surface area contributed by atoms with Crippen molar-refractivity contribution in [2.75, 3.05) is 18.5 Å². The Kier molecular flexibility index (Phi) is 2.85. The molecule has 14 heavy (non-hydrogen) atoms. The Labute approximate surface area is 97.4 Å². The first-order valence-corrected chi connectivity index (χ1v) is 5.67. The number of fused-ring (bicyclic) bond motifs is 1. The molecule has 0 saturated heterocycles. The summed E-state index contributed by atoms with van der Waals surface area (Å²) in [5.74, 6) is 0.0786.